The fraction of sp³-hybridized carbons (Fsp3) is 0.214. The van der Waals surface area contributed by atoms with Gasteiger partial charge in [0, 0.05) is 30.3 Å². The van der Waals surface area contributed by atoms with Gasteiger partial charge in [0.2, 0.25) is 5.88 Å². The number of nitrogens with zero attached hydrogens (tertiary/aromatic N) is 2. The predicted octanol–water partition coefficient (Wildman–Crippen LogP) is 2.04. The van der Waals surface area contributed by atoms with Crippen molar-refractivity contribution in [1.82, 2.24) is 4.98 Å². The number of nitrogens with two attached hydrogens (primary N) is 1. The summed E-state index contributed by atoms with van der Waals surface area (Å²) in [7, 11) is 1.54. The number of nitro groups is 1. The molecule has 0 bridgehead atoms. The van der Waals surface area contributed by atoms with Gasteiger partial charge in [-0.25, -0.2) is 4.98 Å². The molecular formula is C14H15N3O4. The van der Waals surface area contributed by atoms with Crippen LogP contribution in [0.2, 0.25) is 0 Å². The second kappa shape index (κ2) is 6.67. The molecule has 1 aromatic heterocycles. The van der Waals surface area contributed by atoms with Gasteiger partial charge in [-0.3, -0.25) is 10.1 Å². The molecule has 2 aromatic rings. The minimum Gasteiger partial charge on any atom is -0.487 e. The van der Waals surface area contributed by atoms with E-state index in [0.717, 1.165) is 0 Å². The van der Waals surface area contributed by atoms with Crippen LogP contribution in [0.15, 0.2) is 36.4 Å². The van der Waals surface area contributed by atoms with Gasteiger partial charge >= 0.3 is 0 Å². The van der Waals surface area contributed by atoms with E-state index in [0.29, 0.717) is 22.9 Å². The Hall–Kier alpha value is -2.67. The van der Waals surface area contributed by atoms with E-state index in [4.69, 9.17) is 15.2 Å². The molecule has 2 N–H and O–H groups in total. The molecule has 0 amide bonds. The van der Waals surface area contributed by atoms with E-state index in [-0.39, 0.29) is 18.8 Å². The monoisotopic (exact) mass is 289 g/mol. The largest absolute Gasteiger partial charge is 0.487 e. The smallest absolute Gasteiger partial charge is 0.270 e. The zero-order valence-corrected chi connectivity index (χ0v) is 11.5. The summed E-state index contributed by atoms with van der Waals surface area (Å²) in [5.74, 6) is 1.01. The van der Waals surface area contributed by atoms with Gasteiger partial charge in [-0.1, -0.05) is 6.07 Å². The van der Waals surface area contributed by atoms with Crippen molar-refractivity contribution in [3.05, 3.63) is 57.8 Å². The summed E-state index contributed by atoms with van der Waals surface area (Å²) in [6.45, 7) is 0.380. The highest BCUT2D eigenvalue weighted by Gasteiger charge is 2.11. The average molecular weight is 289 g/mol. The minimum absolute atomic E-state index is 0.0118. The third kappa shape index (κ3) is 3.67. The van der Waals surface area contributed by atoms with E-state index in [1.54, 1.807) is 18.2 Å². The number of pyridine rings is 1. The highest BCUT2D eigenvalue weighted by molar-refractivity contribution is 5.43. The van der Waals surface area contributed by atoms with Gasteiger partial charge in [-0.05, 0) is 12.1 Å². The van der Waals surface area contributed by atoms with Crippen LogP contribution >= 0.6 is 0 Å². The second-order valence-electron chi connectivity index (χ2n) is 4.21. The SMILES string of the molecule is COc1cccc(COc2ccc([N+](=O)[O-])cc2CN)n1. The van der Waals surface area contributed by atoms with Gasteiger partial charge in [-0.2, -0.15) is 0 Å². The van der Waals surface area contributed by atoms with Crippen LogP contribution in [0.4, 0.5) is 5.69 Å². The molecule has 7 heteroatoms. The van der Waals surface area contributed by atoms with Gasteiger partial charge in [0.1, 0.15) is 12.4 Å². The number of ether oxygens (including phenoxy) is 2. The first-order valence-corrected chi connectivity index (χ1v) is 6.24. The molecule has 21 heavy (non-hydrogen) atoms. The Bertz CT molecular complexity index is 646. The molecule has 0 atom stereocenters. The van der Waals surface area contributed by atoms with Crippen LogP contribution in [0.25, 0.3) is 0 Å². The summed E-state index contributed by atoms with van der Waals surface area (Å²) in [4.78, 5) is 14.5. The standard InChI is InChI=1S/C14H15N3O4/c1-20-14-4-2-3-11(16-14)9-21-13-6-5-12(17(18)19)7-10(13)8-15/h2-7H,8-9,15H2,1H3. The summed E-state index contributed by atoms with van der Waals surface area (Å²) >= 11 is 0. The summed E-state index contributed by atoms with van der Waals surface area (Å²) < 4.78 is 10.7. The maximum atomic E-state index is 10.7. The Balaban J connectivity index is 2.13. The number of methoxy groups -OCH3 is 1. The van der Waals surface area contributed by atoms with Crippen molar-refractivity contribution in [2.75, 3.05) is 7.11 Å². The molecular weight excluding hydrogens is 274 g/mol. The number of hydrogen-bond acceptors (Lipinski definition) is 6. The zero-order chi connectivity index (χ0) is 15.2. The maximum absolute atomic E-state index is 10.7. The molecule has 0 fully saturated rings. The van der Waals surface area contributed by atoms with E-state index in [1.165, 1.54) is 19.2 Å². The van der Waals surface area contributed by atoms with Crippen LogP contribution in [0.3, 0.4) is 0 Å². The summed E-state index contributed by atoms with van der Waals surface area (Å²) in [6.07, 6.45) is 0. The van der Waals surface area contributed by atoms with Crippen molar-refractivity contribution in [2.24, 2.45) is 5.73 Å². The fourth-order valence-electron chi connectivity index (χ4n) is 1.78. The van der Waals surface area contributed by atoms with E-state index in [2.05, 4.69) is 4.98 Å². The quantitative estimate of drug-likeness (QED) is 0.645. The summed E-state index contributed by atoms with van der Waals surface area (Å²) in [5.41, 5.74) is 6.85. The minimum atomic E-state index is -0.466. The molecule has 1 aromatic carbocycles. The molecule has 0 unspecified atom stereocenters. The van der Waals surface area contributed by atoms with Crippen molar-refractivity contribution in [2.45, 2.75) is 13.2 Å². The lowest BCUT2D eigenvalue weighted by Crippen LogP contribution is -2.05. The molecule has 0 saturated heterocycles. The molecule has 1 heterocycles. The molecule has 0 aliphatic rings. The van der Waals surface area contributed by atoms with Gasteiger partial charge < -0.3 is 15.2 Å². The van der Waals surface area contributed by atoms with E-state index in [9.17, 15) is 10.1 Å². The van der Waals surface area contributed by atoms with Crippen molar-refractivity contribution < 1.29 is 14.4 Å². The number of nitro benzene ring substituents is 1. The van der Waals surface area contributed by atoms with Crippen LogP contribution in [0.1, 0.15) is 11.3 Å². The van der Waals surface area contributed by atoms with Gasteiger partial charge in [-0.15, -0.1) is 0 Å². The number of non-ortho nitro benzene ring substituents is 1. The molecule has 0 aliphatic carbocycles. The van der Waals surface area contributed by atoms with Gasteiger partial charge in [0.05, 0.1) is 17.7 Å². The predicted molar refractivity (Wildman–Crippen MR) is 76.1 cm³/mol. The van der Waals surface area contributed by atoms with Crippen molar-refractivity contribution in [3.8, 4) is 11.6 Å². The molecule has 7 nitrogen and oxygen atoms in total. The third-order valence-corrected chi connectivity index (χ3v) is 2.84. The van der Waals surface area contributed by atoms with Crippen molar-refractivity contribution in [3.63, 3.8) is 0 Å². The van der Waals surface area contributed by atoms with Crippen LogP contribution in [-0.4, -0.2) is 17.0 Å². The van der Waals surface area contributed by atoms with Crippen molar-refractivity contribution in [1.29, 1.82) is 0 Å². The number of hydrogen-bond donors (Lipinski definition) is 1. The lowest BCUT2D eigenvalue weighted by Gasteiger charge is -2.10. The zero-order valence-electron chi connectivity index (χ0n) is 11.5. The van der Waals surface area contributed by atoms with E-state index in [1.807, 2.05) is 6.07 Å². The highest BCUT2D eigenvalue weighted by Crippen LogP contribution is 2.24. The fourth-order valence-corrected chi connectivity index (χ4v) is 1.78. The summed E-state index contributed by atoms with van der Waals surface area (Å²) in [6, 6.07) is 9.68. The maximum Gasteiger partial charge on any atom is 0.270 e. The Morgan fingerprint density at radius 2 is 2.14 bits per heavy atom. The second-order valence-corrected chi connectivity index (χ2v) is 4.21. The van der Waals surface area contributed by atoms with E-state index >= 15 is 0 Å². The molecule has 0 spiro atoms. The van der Waals surface area contributed by atoms with Crippen molar-refractivity contribution >= 4 is 5.69 Å². The third-order valence-electron chi connectivity index (χ3n) is 2.84. The number of aromatic nitrogens is 1. The lowest BCUT2D eigenvalue weighted by atomic mass is 10.2. The molecule has 2 rings (SSSR count). The number of rotatable bonds is 6. The molecule has 0 radical (unpaired) electrons. The van der Waals surface area contributed by atoms with Crippen LogP contribution in [-0.2, 0) is 13.2 Å². The molecule has 110 valence electrons. The normalized spacial score (nSPS) is 10.2. The first-order valence-electron chi connectivity index (χ1n) is 6.24. The Morgan fingerprint density at radius 3 is 2.81 bits per heavy atom. The molecule has 0 aliphatic heterocycles. The first kappa shape index (κ1) is 14.7. The van der Waals surface area contributed by atoms with Crippen LogP contribution in [0, 0.1) is 10.1 Å². The molecule has 0 saturated carbocycles. The van der Waals surface area contributed by atoms with Crippen LogP contribution < -0.4 is 15.2 Å². The highest BCUT2D eigenvalue weighted by atomic mass is 16.6. The van der Waals surface area contributed by atoms with Gasteiger partial charge in [0.25, 0.3) is 5.69 Å². The number of benzene rings is 1. The van der Waals surface area contributed by atoms with Crippen LogP contribution in [0.5, 0.6) is 11.6 Å². The average Bonchev–Trinajstić information content (AvgIpc) is 2.52. The Labute approximate surface area is 121 Å². The first-order chi connectivity index (χ1) is 10.1. The lowest BCUT2D eigenvalue weighted by molar-refractivity contribution is -0.384. The summed E-state index contributed by atoms with van der Waals surface area (Å²) in [5, 5.41) is 10.7. The topological polar surface area (TPSA) is 101 Å². The van der Waals surface area contributed by atoms with E-state index < -0.39 is 4.92 Å². The Morgan fingerprint density at radius 1 is 1.33 bits per heavy atom. The Kier molecular flexibility index (Phi) is 4.68. The van der Waals surface area contributed by atoms with Gasteiger partial charge in [0.15, 0.2) is 0 Å².